The predicted molar refractivity (Wildman–Crippen MR) is 310 cm³/mol. The van der Waals surface area contributed by atoms with Crippen LogP contribution in [0, 0.1) is 10.8 Å². The van der Waals surface area contributed by atoms with E-state index in [9.17, 15) is 9.59 Å². The molecule has 0 bridgehead atoms. The Hall–Kier alpha value is -4.48. The van der Waals surface area contributed by atoms with E-state index in [0.717, 1.165) is 74.0 Å². The molecule has 10 nitrogen and oxygen atoms in total. The zero-order valence-corrected chi connectivity index (χ0v) is 50.6. The monoisotopic (exact) mass is 1050 g/mol. The van der Waals surface area contributed by atoms with Crippen LogP contribution in [0.1, 0.15) is 199 Å². The number of hydrogen-bond donors (Lipinski definition) is 0. The molecule has 0 heterocycles. The van der Waals surface area contributed by atoms with Crippen molar-refractivity contribution < 1.29 is 47.5 Å². The topological polar surface area (TPSA) is 108 Å². The molecule has 2 unspecified atom stereocenters. The highest BCUT2D eigenvalue weighted by Gasteiger charge is 2.43. The van der Waals surface area contributed by atoms with Gasteiger partial charge in [-0.2, -0.15) is 0 Å². The van der Waals surface area contributed by atoms with E-state index in [2.05, 4.69) is 121 Å². The van der Waals surface area contributed by atoms with Gasteiger partial charge in [0.1, 0.15) is 22.7 Å². The lowest BCUT2D eigenvalue weighted by molar-refractivity contribution is -0.161. The second-order valence-electron chi connectivity index (χ2n) is 25.7. The van der Waals surface area contributed by atoms with Crippen LogP contribution in [0.2, 0.25) is 0 Å². The van der Waals surface area contributed by atoms with Gasteiger partial charge in [-0.3, -0.25) is 0 Å². The third kappa shape index (κ3) is 21.4. The molecule has 3 rings (SSSR count). The summed E-state index contributed by atoms with van der Waals surface area (Å²) in [6.45, 7) is 48.1. The molecule has 2 atom stereocenters. The summed E-state index contributed by atoms with van der Waals surface area (Å²) >= 11 is 0. The van der Waals surface area contributed by atoms with Gasteiger partial charge in [-0.1, -0.05) is 114 Å². The summed E-state index contributed by atoms with van der Waals surface area (Å²) in [5.74, 6) is 0.463. The molecule has 0 aliphatic rings. The molecule has 0 radical (unpaired) electrons. The van der Waals surface area contributed by atoms with Gasteiger partial charge >= 0.3 is 11.9 Å². The Kier molecular flexibility index (Phi) is 24.6. The molecule has 3 aromatic carbocycles. The second kappa shape index (κ2) is 28.4. The third-order valence-corrected chi connectivity index (χ3v) is 16.1. The van der Waals surface area contributed by atoms with E-state index >= 15 is 0 Å². The fraction of sp³-hybridized carbons (Fsp3) is 0.636. The van der Waals surface area contributed by atoms with Gasteiger partial charge in [0.05, 0.1) is 48.8 Å². The smallest absolute Gasteiger partial charge is 0.333 e. The number of hydrogen-bond acceptors (Lipinski definition) is 10. The molecule has 0 spiro atoms. The largest absolute Gasteiger partial charge is 0.493 e. The number of carbonyl (C=O) groups excluding carboxylic acids is 2. The molecule has 10 heteroatoms. The highest BCUT2D eigenvalue weighted by Crippen LogP contribution is 2.43. The van der Waals surface area contributed by atoms with E-state index in [1.165, 1.54) is 0 Å². The summed E-state index contributed by atoms with van der Waals surface area (Å²) in [7, 11) is 0. The zero-order valence-electron chi connectivity index (χ0n) is 50.6. The van der Waals surface area contributed by atoms with Crippen molar-refractivity contribution in [1.29, 1.82) is 0 Å². The molecule has 0 aromatic heterocycles. The average Bonchev–Trinajstić information content (AvgIpc) is 3.31. The number of esters is 2. The van der Waals surface area contributed by atoms with Crippen LogP contribution in [-0.2, 0) is 38.0 Å². The van der Waals surface area contributed by atoms with Crippen molar-refractivity contribution in [2.24, 2.45) is 10.8 Å². The lowest BCUT2D eigenvalue weighted by Gasteiger charge is -2.44. The number of benzene rings is 3. The normalized spacial score (nSPS) is 13.9. The van der Waals surface area contributed by atoms with E-state index in [-0.39, 0.29) is 33.9 Å². The van der Waals surface area contributed by atoms with Gasteiger partial charge in [0.2, 0.25) is 0 Å². The molecule has 0 aliphatic heterocycles. The quantitative estimate of drug-likeness (QED) is 0.0317. The molecule has 0 fully saturated rings. The van der Waals surface area contributed by atoms with E-state index in [1.807, 2.05) is 88.4 Å². The van der Waals surface area contributed by atoms with Crippen LogP contribution >= 0.6 is 0 Å². The van der Waals surface area contributed by atoms with Crippen molar-refractivity contribution in [2.45, 2.75) is 221 Å². The molecular weight excluding hydrogens is 953 g/mol. The van der Waals surface area contributed by atoms with Gasteiger partial charge in [0.25, 0.3) is 0 Å². The highest BCUT2D eigenvalue weighted by atomic mass is 16.6. The summed E-state index contributed by atoms with van der Waals surface area (Å²) in [5.41, 5.74) is -0.529. The first-order chi connectivity index (χ1) is 35.1. The number of unbranched alkanes of at least 4 members (excludes halogenated alkanes) is 2. The van der Waals surface area contributed by atoms with Crippen molar-refractivity contribution in [1.82, 2.24) is 0 Å². The minimum Gasteiger partial charge on any atom is -0.493 e. The van der Waals surface area contributed by atoms with E-state index in [0.29, 0.717) is 50.8 Å². The van der Waals surface area contributed by atoms with Gasteiger partial charge in [-0.15, -0.1) is 0 Å². The van der Waals surface area contributed by atoms with Crippen molar-refractivity contribution in [3.05, 3.63) is 120 Å². The summed E-state index contributed by atoms with van der Waals surface area (Å²) in [4.78, 5) is 25.2. The fourth-order valence-corrected chi connectivity index (χ4v) is 8.78. The fourth-order valence-electron chi connectivity index (χ4n) is 8.78. The maximum absolute atomic E-state index is 12.6. The first kappa shape index (κ1) is 65.8. The maximum Gasteiger partial charge on any atom is 0.333 e. The number of ether oxygens (including phenoxy) is 8. The summed E-state index contributed by atoms with van der Waals surface area (Å²) < 4.78 is 50.4. The lowest BCUT2D eigenvalue weighted by atomic mass is 9.73. The Morgan fingerprint density at radius 1 is 0.421 bits per heavy atom. The Morgan fingerprint density at radius 2 is 0.737 bits per heavy atom. The number of rotatable bonds is 36. The predicted octanol–water partition coefficient (Wildman–Crippen LogP) is 16.2. The molecule has 76 heavy (non-hydrogen) atoms. The van der Waals surface area contributed by atoms with E-state index in [4.69, 9.17) is 37.9 Å². The van der Waals surface area contributed by atoms with Crippen LogP contribution in [0.25, 0.3) is 0 Å². The third-order valence-electron chi connectivity index (χ3n) is 16.1. The molecule has 0 saturated carbocycles. The SMILES string of the molecule is C=C(C)C(=O)OC(C)(C)C(COC(C)(C)C(C)(C)CCCCOC(C)(C)CCOc1ccc(OCCC(C)(C)OCCCCC(C)(C)C(C)(C)OCC(c2ccccc2)C(C)(C)OC(=O)C(=C)C)cc1)c1ccccc1. The second-order valence-corrected chi connectivity index (χ2v) is 25.7. The van der Waals surface area contributed by atoms with Crippen molar-refractivity contribution >= 4 is 11.9 Å². The maximum atomic E-state index is 12.6. The minimum absolute atomic E-state index is 0.126. The molecule has 0 N–H and O–H groups in total. The number of carbonyl (C=O) groups is 2. The molecular formula is C66H102O10. The van der Waals surface area contributed by atoms with Crippen LogP contribution in [0.5, 0.6) is 11.5 Å². The Balaban J connectivity index is 1.35. The van der Waals surface area contributed by atoms with Crippen molar-refractivity contribution in [3.63, 3.8) is 0 Å². The summed E-state index contributed by atoms with van der Waals surface area (Å²) in [6.07, 6.45) is 7.33. The van der Waals surface area contributed by atoms with Crippen LogP contribution in [0.4, 0.5) is 0 Å². The first-order valence-electron chi connectivity index (χ1n) is 27.9. The molecule has 0 aliphatic carbocycles. The van der Waals surface area contributed by atoms with Crippen LogP contribution in [0.15, 0.2) is 109 Å². The Labute approximate surface area is 461 Å². The Morgan fingerprint density at radius 3 is 1.04 bits per heavy atom. The van der Waals surface area contributed by atoms with Gasteiger partial charge in [-0.05, 0) is 169 Å². The summed E-state index contributed by atoms with van der Waals surface area (Å²) in [5, 5.41) is 0. The average molecular weight is 1060 g/mol. The highest BCUT2D eigenvalue weighted by molar-refractivity contribution is 5.87. The van der Waals surface area contributed by atoms with Gasteiger partial charge in [0.15, 0.2) is 0 Å². The molecule has 3 aromatic rings. The Bertz CT molecular complexity index is 2080. The van der Waals surface area contributed by atoms with Gasteiger partial charge in [0, 0.05) is 49.0 Å². The van der Waals surface area contributed by atoms with E-state index in [1.54, 1.807) is 13.8 Å². The molecule has 0 saturated heterocycles. The molecule has 0 amide bonds. The standard InChI is InChI=1S/C66H102O10/c1-49(2)57(67)75-63(13,14)55(51-31-23-21-24-32-51)47-73-65(17,18)59(5,6)39-27-29-43-71-61(9,10)41-45-69-53-35-37-54(38-36-53)70-46-42-62(11,12)72-44-30-28-40-60(7,8)66(19,20)74-48-56(52-33-25-22-26-34-52)64(15,16)76-58(68)50(3)4/h21-26,31-38,55-56H,1,3,27-30,39-48H2,2,4-20H3. The lowest BCUT2D eigenvalue weighted by Crippen LogP contribution is -2.45. The van der Waals surface area contributed by atoms with Crippen molar-refractivity contribution in [2.75, 3.05) is 39.6 Å². The van der Waals surface area contributed by atoms with Crippen LogP contribution < -0.4 is 9.47 Å². The first-order valence-corrected chi connectivity index (χ1v) is 27.9. The minimum atomic E-state index is -0.802. The van der Waals surface area contributed by atoms with Crippen molar-refractivity contribution in [3.8, 4) is 11.5 Å². The van der Waals surface area contributed by atoms with E-state index < -0.39 is 34.3 Å². The van der Waals surface area contributed by atoms with Crippen LogP contribution in [0.3, 0.4) is 0 Å². The zero-order chi connectivity index (χ0) is 57.2. The summed E-state index contributed by atoms with van der Waals surface area (Å²) in [6, 6.07) is 28.1. The van der Waals surface area contributed by atoms with Gasteiger partial charge in [-0.25, -0.2) is 9.59 Å². The van der Waals surface area contributed by atoms with Crippen LogP contribution in [-0.4, -0.2) is 85.2 Å². The molecule has 426 valence electrons. The van der Waals surface area contributed by atoms with Gasteiger partial charge < -0.3 is 37.9 Å².